The molecule has 0 spiro atoms. The maximum Gasteiger partial charge on any atom is 0.317 e. The Kier molecular flexibility index (Phi) is 5.09. The number of carbonyl (C=O) groups is 1. The molecule has 0 atom stereocenters. The zero-order valence-corrected chi connectivity index (χ0v) is 11.4. The van der Waals surface area contributed by atoms with Crippen LogP contribution in [0.5, 0.6) is 0 Å². The molecule has 1 rings (SSSR count). The Morgan fingerprint density at radius 3 is 2.69 bits per heavy atom. The van der Waals surface area contributed by atoms with E-state index in [0.717, 1.165) is 9.21 Å². The molecule has 0 aromatic carbocycles. The summed E-state index contributed by atoms with van der Waals surface area (Å²) in [4.78, 5) is 14.7. The molecule has 0 aliphatic heterocycles. The average Bonchev–Trinajstić information content (AvgIpc) is 2.59. The minimum absolute atomic E-state index is 0.0259. The lowest BCUT2D eigenvalue weighted by molar-refractivity contribution is 0.196. The highest BCUT2D eigenvalue weighted by Gasteiger charge is 2.13. The molecule has 0 radical (unpaired) electrons. The van der Waals surface area contributed by atoms with E-state index >= 15 is 0 Å². The van der Waals surface area contributed by atoms with Crippen molar-refractivity contribution in [1.82, 2.24) is 10.2 Å². The number of urea groups is 1. The second-order valence-electron chi connectivity index (χ2n) is 3.82. The predicted molar refractivity (Wildman–Crippen MR) is 69.1 cm³/mol. The summed E-state index contributed by atoms with van der Waals surface area (Å²) >= 11 is 7.36. The molecule has 3 nitrogen and oxygen atoms in total. The van der Waals surface area contributed by atoms with Gasteiger partial charge in [0.2, 0.25) is 0 Å². The number of hydrogen-bond acceptors (Lipinski definition) is 2. The molecule has 1 N–H and O–H groups in total. The van der Waals surface area contributed by atoms with Crippen molar-refractivity contribution < 1.29 is 4.79 Å². The van der Waals surface area contributed by atoms with Crippen LogP contribution >= 0.6 is 22.9 Å². The molecular formula is C11H17ClN2OS. The van der Waals surface area contributed by atoms with Crippen LogP contribution < -0.4 is 5.32 Å². The van der Waals surface area contributed by atoms with E-state index in [1.54, 1.807) is 4.90 Å². The molecule has 5 heteroatoms. The molecule has 0 fully saturated rings. The van der Waals surface area contributed by atoms with Gasteiger partial charge in [-0.1, -0.05) is 11.6 Å². The molecular weight excluding hydrogens is 244 g/mol. The maximum atomic E-state index is 11.8. The van der Waals surface area contributed by atoms with E-state index in [1.807, 2.05) is 32.9 Å². The highest BCUT2D eigenvalue weighted by molar-refractivity contribution is 7.16. The van der Waals surface area contributed by atoms with Gasteiger partial charge in [-0.3, -0.25) is 0 Å². The molecule has 0 saturated heterocycles. The van der Waals surface area contributed by atoms with E-state index in [0.29, 0.717) is 13.1 Å². The van der Waals surface area contributed by atoms with Crippen molar-refractivity contribution in [3.8, 4) is 0 Å². The quantitative estimate of drug-likeness (QED) is 0.885. The molecule has 0 unspecified atom stereocenters. The smallest absolute Gasteiger partial charge is 0.317 e. The highest BCUT2D eigenvalue weighted by atomic mass is 35.5. The maximum absolute atomic E-state index is 11.8. The number of halogens is 1. The van der Waals surface area contributed by atoms with E-state index < -0.39 is 0 Å². The summed E-state index contributed by atoms with van der Waals surface area (Å²) in [6.07, 6.45) is 0. The normalized spacial score (nSPS) is 10.6. The van der Waals surface area contributed by atoms with Gasteiger partial charge in [-0.15, -0.1) is 11.3 Å². The van der Waals surface area contributed by atoms with Crippen LogP contribution in [0.2, 0.25) is 4.34 Å². The molecule has 90 valence electrons. The summed E-state index contributed by atoms with van der Waals surface area (Å²) in [6, 6.07) is 3.95. The Morgan fingerprint density at radius 1 is 1.56 bits per heavy atom. The largest absolute Gasteiger partial charge is 0.336 e. The van der Waals surface area contributed by atoms with Crippen LogP contribution in [0.4, 0.5) is 4.79 Å². The second kappa shape index (κ2) is 6.11. The Balaban J connectivity index is 2.58. The van der Waals surface area contributed by atoms with Crippen LogP contribution in [-0.2, 0) is 6.54 Å². The third-order valence-electron chi connectivity index (χ3n) is 2.06. The van der Waals surface area contributed by atoms with Crippen molar-refractivity contribution in [2.24, 2.45) is 0 Å². The topological polar surface area (TPSA) is 32.3 Å². The Bertz CT molecular complexity index is 352. The van der Waals surface area contributed by atoms with Gasteiger partial charge in [0.05, 0.1) is 10.9 Å². The molecule has 16 heavy (non-hydrogen) atoms. The van der Waals surface area contributed by atoms with Gasteiger partial charge >= 0.3 is 6.03 Å². The first-order valence-corrected chi connectivity index (χ1v) is 6.52. The molecule has 0 bridgehead atoms. The molecule has 1 aromatic heterocycles. The van der Waals surface area contributed by atoms with E-state index in [2.05, 4.69) is 5.32 Å². The van der Waals surface area contributed by atoms with Gasteiger partial charge in [-0.05, 0) is 32.9 Å². The predicted octanol–water partition coefficient (Wildman–Crippen LogP) is 3.34. The van der Waals surface area contributed by atoms with E-state index in [-0.39, 0.29) is 12.1 Å². The molecule has 1 heterocycles. The van der Waals surface area contributed by atoms with Crippen LogP contribution in [0.15, 0.2) is 12.1 Å². The van der Waals surface area contributed by atoms with Gasteiger partial charge in [-0.2, -0.15) is 0 Å². The lowest BCUT2D eigenvalue weighted by atomic mass is 10.4. The van der Waals surface area contributed by atoms with Crippen molar-refractivity contribution in [3.05, 3.63) is 21.3 Å². The summed E-state index contributed by atoms with van der Waals surface area (Å²) in [6.45, 7) is 7.18. The highest BCUT2D eigenvalue weighted by Crippen LogP contribution is 2.22. The molecule has 1 aromatic rings. The summed E-state index contributed by atoms with van der Waals surface area (Å²) in [5.74, 6) is 0. The third-order valence-corrected chi connectivity index (χ3v) is 3.27. The Labute approximate surface area is 105 Å². The molecule has 0 aliphatic rings. The fourth-order valence-corrected chi connectivity index (χ4v) is 2.39. The standard InChI is InChI=1S/C11H17ClN2OS/c1-4-14(11(15)13-8(2)3)7-9-5-6-10(12)16-9/h5-6,8H,4,7H2,1-3H3,(H,13,15). The summed E-state index contributed by atoms with van der Waals surface area (Å²) in [7, 11) is 0. The number of carbonyl (C=O) groups excluding carboxylic acids is 1. The van der Waals surface area contributed by atoms with Gasteiger partial charge < -0.3 is 10.2 Å². The fraction of sp³-hybridized carbons (Fsp3) is 0.545. The van der Waals surface area contributed by atoms with Crippen molar-refractivity contribution >= 4 is 29.0 Å². The van der Waals surface area contributed by atoms with Gasteiger partial charge in [0.1, 0.15) is 0 Å². The van der Waals surface area contributed by atoms with Gasteiger partial charge in [0, 0.05) is 17.5 Å². The number of amides is 2. The Hall–Kier alpha value is -0.740. The van der Waals surface area contributed by atoms with Crippen molar-refractivity contribution in [3.63, 3.8) is 0 Å². The number of hydrogen-bond donors (Lipinski definition) is 1. The first-order valence-electron chi connectivity index (χ1n) is 5.32. The van der Waals surface area contributed by atoms with Crippen LogP contribution in [0, 0.1) is 0 Å². The van der Waals surface area contributed by atoms with E-state index in [1.165, 1.54) is 11.3 Å². The van der Waals surface area contributed by atoms with Crippen molar-refractivity contribution in [2.45, 2.75) is 33.4 Å². The minimum atomic E-state index is -0.0259. The minimum Gasteiger partial charge on any atom is -0.336 e. The van der Waals surface area contributed by atoms with Crippen LogP contribution in [0.25, 0.3) is 0 Å². The first kappa shape index (κ1) is 13.3. The summed E-state index contributed by atoms with van der Waals surface area (Å²) < 4.78 is 0.760. The zero-order valence-electron chi connectivity index (χ0n) is 9.79. The van der Waals surface area contributed by atoms with E-state index in [9.17, 15) is 4.79 Å². The molecule has 0 saturated carbocycles. The first-order chi connectivity index (χ1) is 7.52. The van der Waals surface area contributed by atoms with E-state index in [4.69, 9.17) is 11.6 Å². The zero-order chi connectivity index (χ0) is 12.1. The summed E-state index contributed by atoms with van der Waals surface area (Å²) in [5.41, 5.74) is 0. The lowest BCUT2D eigenvalue weighted by Gasteiger charge is -2.22. The molecule has 0 aliphatic carbocycles. The number of nitrogens with zero attached hydrogens (tertiary/aromatic N) is 1. The Morgan fingerprint density at radius 2 is 2.25 bits per heavy atom. The van der Waals surface area contributed by atoms with Gasteiger partial charge in [-0.25, -0.2) is 4.79 Å². The van der Waals surface area contributed by atoms with Crippen molar-refractivity contribution in [1.29, 1.82) is 0 Å². The third kappa shape index (κ3) is 4.02. The van der Waals surface area contributed by atoms with Gasteiger partial charge in [0.15, 0.2) is 0 Å². The van der Waals surface area contributed by atoms with Gasteiger partial charge in [0.25, 0.3) is 0 Å². The van der Waals surface area contributed by atoms with Crippen LogP contribution in [0.1, 0.15) is 25.6 Å². The van der Waals surface area contributed by atoms with Crippen molar-refractivity contribution in [2.75, 3.05) is 6.54 Å². The number of rotatable bonds is 4. The SMILES string of the molecule is CCN(Cc1ccc(Cl)s1)C(=O)NC(C)C. The average molecular weight is 261 g/mol. The fourth-order valence-electron chi connectivity index (χ4n) is 1.29. The number of nitrogens with one attached hydrogen (secondary N) is 1. The van der Waals surface area contributed by atoms with Crippen LogP contribution in [-0.4, -0.2) is 23.5 Å². The summed E-state index contributed by atoms with van der Waals surface area (Å²) in [5, 5.41) is 2.88. The van der Waals surface area contributed by atoms with Crippen LogP contribution in [0.3, 0.4) is 0 Å². The number of thiophene rings is 1. The lowest BCUT2D eigenvalue weighted by Crippen LogP contribution is -2.42. The second-order valence-corrected chi connectivity index (χ2v) is 5.62. The molecule has 2 amide bonds. The monoisotopic (exact) mass is 260 g/mol.